The van der Waals surface area contributed by atoms with Crippen LogP contribution < -0.4 is 5.73 Å². The molecule has 0 radical (unpaired) electrons. The third-order valence-electron chi connectivity index (χ3n) is 3.94. The van der Waals surface area contributed by atoms with Crippen LogP contribution in [-0.2, 0) is 0 Å². The average molecular weight is 367 g/mol. The van der Waals surface area contributed by atoms with E-state index in [0.717, 1.165) is 28.4 Å². The van der Waals surface area contributed by atoms with E-state index in [1.54, 1.807) is 11.3 Å². The first kappa shape index (κ1) is 15.7. The van der Waals surface area contributed by atoms with Gasteiger partial charge in [0.1, 0.15) is 4.34 Å². The van der Waals surface area contributed by atoms with Crippen LogP contribution in [0.5, 0.6) is 0 Å². The molecule has 0 spiro atoms. The summed E-state index contributed by atoms with van der Waals surface area (Å²) in [4.78, 5) is 6.21. The molecule has 0 aromatic carbocycles. The van der Waals surface area contributed by atoms with Crippen LogP contribution in [0.1, 0.15) is 24.3 Å². The Morgan fingerprint density at radius 2 is 2.32 bits per heavy atom. The minimum atomic E-state index is 0.288. The molecule has 0 saturated carbocycles. The first-order valence-corrected chi connectivity index (χ1v) is 8.64. The Labute approximate surface area is 132 Å². The first-order chi connectivity index (χ1) is 9.06. The third kappa shape index (κ3) is 3.52. The largest absolute Gasteiger partial charge is 0.329 e. The molecule has 1 aromatic rings. The predicted octanol–water partition coefficient (Wildman–Crippen LogP) is 3.19. The molecule has 6 heteroatoms. The van der Waals surface area contributed by atoms with Crippen LogP contribution in [0.25, 0.3) is 0 Å². The van der Waals surface area contributed by atoms with Crippen molar-refractivity contribution in [2.75, 3.05) is 33.2 Å². The SMILES string of the molecule is CCC1CN(C(CN)c2cc(Br)c(Cl)s2)CCN1C. The lowest BCUT2D eigenvalue weighted by Crippen LogP contribution is -2.52. The second-order valence-electron chi connectivity index (χ2n) is 5.06. The van der Waals surface area contributed by atoms with Gasteiger partial charge in [0.2, 0.25) is 0 Å². The summed E-state index contributed by atoms with van der Waals surface area (Å²) in [6, 6.07) is 3.03. The lowest BCUT2D eigenvalue weighted by molar-refractivity contribution is 0.0654. The summed E-state index contributed by atoms with van der Waals surface area (Å²) in [5.74, 6) is 0. The minimum absolute atomic E-state index is 0.288. The summed E-state index contributed by atoms with van der Waals surface area (Å²) in [7, 11) is 2.21. The van der Waals surface area contributed by atoms with Crippen molar-refractivity contribution < 1.29 is 0 Å². The lowest BCUT2D eigenvalue weighted by Gasteiger charge is -2.42. The molecule has 1 aromatic heterocycles. The number of thiophene rings is 1. The fourth-order valence-corrected chi connectivity index (χ4v) is 4.55. The maximum absolute atomic E-state index is 6.15. The van der Waals surface area contributed by atoms with Crippen LogP contribution in [0.3, 0.4) is 0 Å². The number of hydrogen-bond donors (Lipinski definition) is 1. The van der Waals surface area contributed by atoms with Crippen LogP contribution in [0.15, 0.2) is 10.5 Å². The molecule has 1 aliphatic heterocycles. The highest BCUT2D eigenvalue weighted by Gasteiger charge is 2.29. The topological polar surface area (TPSA) is 32.5 Å². The van der Waals surface area contributed by atoms with Crippen molar-refractivity contribution in [1.29, 1.82) is 0 Å². The van der Waals surface area contributed by atoms with Gasteiger partial charge in [-0.1, -0.05) is 18.5 Å². The Hall–Kier alpha value is 0.350. The summed E-state index contributed by atoms with van der Waals surface area (Å²) < 4.78 is 1.79. The van der Waals surface area contributed by atoms with Crippen LogP contribution >= 0.6 is 38.9 Å². The number of hydrogen-bond acceptors (Lipinski definition) is 4. The summed E-state index contributed by atoms with van der Waals surface area (Å²) in [5, 5.41) is 0. The fourth-order valence-electron chi connectivity index (χ4n) is 2.67. The average Bonchev–Trinajstić information content (AvgIpc) is 2.72. The van der Waals surface area contributed by atoms with Gasteiger partial charge >= 0.3 is 0 Å². The van der Waals surface area contributed by atoms with E-state index in [1.165, 1.54) is 11.3 Å². The molecule has 2 rings (SSSR count). The molecule has 19 heavy (non-hydrogen) atoms. The molecule has 1 fully saturated rings. The molecular formula is C13H21BrClN3S. The van der Waals surface area contributed by atoms with Crippen molar-refractivity contribution in [2.24, 2.45) is 5.73 Å². The van der Waals surface area contributed by atoms with E-state index >= 15 is 0 Å². The first-order valence-electron chi connectivity index (χ1n) is 6.65. The maximum atomic E-state index is 6.15. The van der Waals surface area contributed by atoms with Crippen molar-refractivity contribution in [2.45, 2.75) is 25.4 Å². The molecule has 2 N–H and O–H groups in total. The lowest BCUT2D eigenvalue weighted by atomic mass is 10.1. The van der Waals surface area contributed by atoms with Gasteiger partial charge in [-0.15, -0.1) is 11.3 Å². The van der Waals surface area contributed by atoms with E-state index < -0.39 is 0 Å². The summed E-state index contributed by atoms with van der Waals surface area (Å²) in [6.45, 7) is 6.16. The quantitative estimate of drug-likeness (QED) is 0.888. The standard InChI is InChI=1S/C13H21BrClN3S/c1-3-9-8-18(5-4-17(9)2)11(7-16)12-6-10(14)13(15)19-12/h6,9,11H,3-5,7-8,16H2,1-2H3. The van der Waals surface area contributed by atoms with E-state index in [1.807, 2.05) is 0 Å². The Morgan fingerprint density at radius 3 is 2.84 bits per heavy atom. The Morgan fingerprint density at radius 1 is 1.58 bits per heavy atom. The molecule has 0 amide bonds. The van der Waals surface area contributed by atoms with Gasteiger partial charge in [0, 0.05) is 41.6 Å². The highest BCUT2D eigenvalue weighted by molar-refractivity contribution is 9.10. The smallest absolute Gasteiger partial charge is 0.107 e. The Kier molecular flexibility index (Phi) is 5.69. The zero-order valence-electron chi connectivity index (χ0n) is 11.4. The number of nitrogens with zero attached hydrogens (tertiary/aromatic N) is 2. The van der Waals surface area contributed by atoms with E-state index in [-0.39, 0.29) is 6.04 Å². The molecule has 0 bridgehead atoms. The van der Waals surface area contributed by atoms with E-state index in [2.05, 4.69) is 45.8 Å². The van der Waals surface area contributed by atoms with Crippen LogP contribution in [-0.4, -0.2) is 49.1 Å². The van der Waals surface area contributed by atoms with E-state index in [4.69, 9.17) is 17.3 Å². The number of halogens is 2. The van der Waals surface area contributed by atoms with Crippen molar-refractivity contribution >= 4 is 38.9 Å². The maximum Gasteiger partial charge on any atom is 0.107 e. The molecule has 2 unspecified atom stereocenters. The van der Waals surface area contributed by atoms with Gasteiger partial charge in [0.25, 0.3) is 0 Å². The molecular weight excluding hydrogens is 346 g/mol. The van der Waals surface area contributed by atoms with Gasteiger partial charge in [-0.2, -0.15) is 0 Å². The van der Waals surface area contributed by atoms with E-state index in [9.17, 15) is 0 Å². The van der Waals surface area contributed by atoms with Crippen molar-refractivity contribution in [1.82, 2.24) is 9.80 Å². The van der Waals surface area contributed by atoms with Crippen LogP contribution in [0, 0.1) is 0 Å². The molecule has 3 nitrogen and oxygen atoms in total. The number of nitrogens with two attached hydrogens (primary N) is 1. The van der Waals surface area contributed by atoms with Gasteiger partial charge in [-0.3, -0.25) is 4.90 Å². The molecule has 0 aliphatic carbocycles. The van der Waals surface area contributed by atoms with Crippen molar-refractivity contribution in [3.05, 3.63) is 19.8 Å². The third-order valence-corrected chi connectivity index (χ3v) is 6.51. The molecule has 108 valence electrons. The summed E-state index contributed by atoms with van der Waals surface area (Å²) >= 11 is 11.3. The molecule has 2 atom stereocenters. The summed E-state index contributed by atoms with van der Waals surface area (Å²) in [6.07, 6.45) is 1.18. The molecule has 2 heterocycles. The van der Waals surface area contributed by atoms with Gasteiger partial charge in [-0.05, 0) is 35.5 Å². The highest BCUT2D eigenvalue weighted by atomic mass is 79.9. The van der Waals surface area contributed by atoms with Gasteiger partial charge in [0.05, 0.1) is 6.04 Å². The summed E-state index contributed by atoms with van der Waals surface area (Å²) in [5.41, 5.74) is 6.01. The van der Waals surface area contributed by atoms with Crippen LogP contribution in [0.2, 0.25) is 4.34 Å². The van der Waals surface area contributed by atoms with Crippen molar-refractivity contribution in [3.63, 3.8) is 0 Å². The normalized spacial score (nSPS) is 23.7. The predicted molar refractivity (Wildman–Crippen MR) is 87.1 cm³/mol. The zero-order chi connectivity index (χ0) is 14.0. The second kappa shape index (κ2) is 6.87. The highest BCUT2D eigenvalue weighted by Crippen LogP contribution is 2.37. The van der Waals surface area contributed by atoms with Crippen LogP contribution in [0.4, 0.5) is 0 Å². The monoisotopic (exact) mass is 365 g/mol. The van der Waals surface area contributed by atoms with E-state index in [0.29, 0.717) is 12.6 Å². The second-order valence-corrected chi connectivity index (χ2v) is 7.60. The zero-order valence-corrected chi connectivity index (χ0v) is 14.6. The van der Waals surface area contributed by atoms with Crippen molar-refractivity contribution in [3.8, 4) is 0 Å². The number of piperazine rings is 1. The van der Waals surface area contributed by atoms with Gasteiger partial charge in [-0.25, -0.2) is 0 Å². The fraction of sp³-hybridized carbons (Fsp3) is 0.692. The number of likely N-dealkylation sites (N-methyl/N-ethyl adjacent to an activating group) is 1. The Balaban J connectivity index is 2.13. The minimum Gasteiger partial charge on any atom is -0.329 e. The molecule has 1 aliphatic rings. The molecule has 1 saturated heterocycles. The van der Waals surface area contributed by atoms with Gasteiger partial charge in [0.15, 0.2) is 0 Å². The number of rotatable bonds is 4. The Bertz CT molecular complexity index is 407. The van der Waals surface area contributed by atoms with Gasteiger partial charge < -0.3 is 10.6 Å².